The molecule has 0 heterocycles. The molecule has 0 amide bonds. The molecule has 3 rings (SSSR count). The van der Waals surface area contributed by atoms with E-state index in [1.807, 2.05) is 0 Å². The normalized spacial score (nSPS) is 31.2. The van der Waals surface area contributed by atoms with Crippen molar-refractivity contribution < 1.29 is 0 Å². The van der Waals surface area contributed by atoms with Gasteiger partial charge in [-0.15, -0.1) is 0 Å². The van der Waals surface area contributed by atoms with Crippen molar-refractivity contribution in [1.82, 2.24) is 0 Å². The Bertz CT molecular complexity index is 545. The molecule has 0 N–H and O–H groups in total. The van der Waals surface area contributed by atoms with Crippen molar-refractivity contribution in [3.63, 3.8) is 0 Å². The van der Waals surface area contributed by atoms with E-state index >= 15 is 0 Å². The number of hydrogen-bond donors (Lipinski definition) is 0. The standard InChI is InChI=1S/C29H48/c1-5-10-24-14-16-25(17-15-24)22(3)26-18-20-27(21-19-26)23(4)29(11-6-2)28-12-8-7-9-13-28/h7-9,12-13,22-27,29H,5-6,10-11,14-21H2,1-4H3. The van der Waals surface area contributed by atoms with Gasteiger partial charge in [-0.05, 0) is 91.9 Å². The summed E-state index contributed by atoms with van der Waals surface area (Å²) in [5, 5.41) is 0. The molecule has 0 spiro atoms. The second-order valence-electron chi connectivity index (χ2n) is 10.8. The highest BCUT2D eigenvalue weighted by atomic mass is 14.4. The first kappa shape index (κ1) is 22.9. The van der Waals surface area contributed by atoms with E-state index in [4.69, 9.17) is 0 Å². The van der Waals surface area contributed by atoms with Crippen LogP contribution in [-0.2, 0) is 0 Å². The highest BCUT2D eigenvalue weighted by molar-refractivity contribution is 5.20. The zero-order chi connectivity index (χ0) is 20.6. The summed E-state index contributed by atoms with van der Waals surface area (Å²) in [5.41, 5.74) is 1.58. The monoisotopic (exact) mass is 396 g/mol. The van der Waals surface area contributed by atoms with Crippen LogP contribution in [0.2, 0.25) is 0 Å². The highest BCUT2D eigenvalue weighted by Crippen LogP contribution is 2.46. The second-order valence-corrected chi connectivity index (χ2v) is 10.8. The van der Waals surface area contributed by atoms with Gasteiger partial charge in [0, 0.05) is 0 Å². The predicted molar refractivity (Wildman–Crippen MR) is 128 cm³/mol. The number of rotatable bonds is 9. The SMILES string of the molecule is CCCC1CCC(C(C)C2CCC(C(C)C(CCC)c3ccccc3)CC2)CC1. The van der Waals surface area contributed by atoms with Crippen LogP contribution in [-0.4, -0.2) is 0 Å². The summed E-state index contributed by atoms with van der Waals surface area (Å²) in [5.74, 6) is 6.58. The molecule has 2 aliphatic carbocycles. The van der Waals surface area contributed by atoms with E-state index in [2.05, 4.69) is 58.0 Å². The van der Waals surface area contributed by atoms with Gasteiger partial charge in [-0.2, -0.15) is 0 Å². The smallest absolute Gasteiger partial charge is 0.0134 e. The Morgan fingerprint density at radius 2 is 1.28 bits per heavy atom. The lowest BCUT2D eigenvalue weighted by Crippen LogP contribution is -2.30. The fraction of sp³-hybridized carbons (Fsp3) is 0.793. The molecule has 1 aromatic carbocycles. The van der Waals surface area contributed by atoms with E-state index in [1.165, 1.54) is 77.0 Å². The summed E-state index contributed by atoms with van der Waals surface area (Å²) in [4.78, 5) is 0. The third-order valence-electron chi connectivity index (χ3n) is 9.10. The quantitative estimate of drug-likeness (QED) is 0.390. The van der Waals surface area contributed by atoms with Crippen LogP contribution in [0.3, 0.4) is 0 Å². The van der Waals surface area contributed by atoms with Crippen LogP contribution in [0, 0.1) is 35.5 Å². The van der Waals surface area contributed by atoms with Gasteiger partial charge in [0.15, 0.2) is 0 Å². The molecule has 164 valence electrons. The van der Waals surface area contributed by atoms with Crippen molar-refractivity contribution in [2.75, 3.05) is 0 Å². The molecule has 0 saturated heterocycles. The van der Waals surface area contributed by atoms with Gasteiger partial charge in [-0.25, -0.2) is 0 Å². The summed E-state index contributed by atoms with van der Waals surface area (Å²) >= 11 is 0. The second kappa shape index (κ2) is 11.6. The molecule has 0 aliphatic heterocycles. The maximum atomic E-state index is 2.61. The van der Waals surface area contributed by atoms with Crippen molar-refractivity contribution in [2.24, 2.45) is 35.5 Å². The Morgan fingerprint density at radius 1 is 0.724 bits per heavy atom. The molecule has 2 saturated carbocycles. The van der Waals surface area contributed by atoms with Gasteiger partial charge in [0.2, 0.25) is 0 Å². The lowest BCUT2D eigenvalue weighted by molar-refractivity contribution is 0.105. The lowest BCUT2D eigenvalue weighted by atomic mass is 9.64. The maximum Gasteiger partial charge on any atom is -0.0134 e. The van der Waals surface area contributed by atoms with Crippen LogP contribution in [0.15, 0.2) is 30.3 Å². The molecular formula is C29H48. The molecule has 3 atom stereocenters. The van der Waals surface area contributed by atoms with Gasteiger partial charge in [-0.3, -0.25) is 0 Å². The Hall–Kier alpha value is -0.780. The van der Waals surface area contributed by atoms with Gasteiger partial charge in [0.1, 0.15) is 0 Å². The van der Waals surface area contributed by atoms with Crippen molar-refractivity contribution in [2.45, 2.75) is 111 Å². The fourth-order valence-electron chi connectivity index (χ4n) is 7.07. The number of hydrogen-bond acceptors (Lipinski definition) is 0. The minimum Gasteiger partial charge on any atom is -0.0654 e. The van der Waals surface area contributed by atoms with E-state index in [1.54, 1.807) is 5.56 Å². The van der Waals surface area contributed by atoms with Gasteiger partial charge in [0.05, 0.1) is 0 Å². The molecule has 0 heteroatoms. The van der Waals surface area contributed by atoms with E-state index < -0.39 is 0 Å². The molecule has 0 bridgehead atoms. The van der Waals surface area contributed by atoms with Crippen LogP contribution in [0.25, 0.3) is 0 Å². The molecule has 29 heavy (non-hydrogen) atoms. The van der Waals surface area contributed by atoms with E-state index in [0.717, 1.165) is 41.4 Å². The van der Waals surface area contributed by atoms with Gasteiger partial charge >= 0.3 is 0 Å². The first-order valence-electron chi connectivity index (χ1n) is 13.2. The third kappa shape index (κ3) is 6.11. The Morgan fingerprint density at radius 3 is 1.83 bits per heavy atom. The summed E-state index contributed by atoms with van der Waals surface area (Å²) in [7, 11) is 0. The van der Waals surface area contributed by atoms with Crippen LogP contribution < -0.4 is 0 Å². The summed E-state index contributed by atoms with van der Waals surface area (Å²) < 4.78 is 0. The topological polar surface area (TPSA) is 0 Å². The lowest BCUT2D eigenvalue weighted by Gasteiger charge is -2.41. The largest absolute Gasteiger partial charge is 0.0654 e. The molecule has 0 aromatic heterocycles. The minimum atomic E-state index is 0.758. The number of benzene rings is 1. The van der Waals surface area contributed by atoms with Crippen LogP contribution in [0.5, 0.6) is 0 Å². The summed E-state index contributed by atoms with van der Waals surface area (Å²) in [6, 6.07) is 11.4. The molecule has 0 radical (unpaired) electrons. The molecule has 2 fully saturated rings. The van der Waals surface area contributed by atoms with Crippen molar-refractivity contribution in [1.29, 1.82) is 0 Å². The van der Waals surface area contributed by atoms with Crippen LogP contribution in [0.4, 0.5) is 0 Å². The van der Waals surface area contributed by atoms with Crippen LogP contribution in [0.1, 0.15) is 116 Å². The van der Waals surface area contributed by atoms with Crippen molar-refractivity contribution in [3.8, 4) is 0 Å². The first-order chi connectivity index (χ1) is 14.1. The molecule has 3 unspecified atom stereocenters. The Kier molecular flexibility index (Phi) is 9.13. The summed E-state index contributed by atoms with van der Waals surface area (Å²) in [6.07, 6.45) is 17.6. The van der Waals surface area contributed by atoms with Gasteiger partial charge in [-0.1, -0.05) is 90.1 Å². The first-order valence-corrected chi connectivity index (χ1v) is 13.2. The zero-order valence-corrected chi connectivity index (χ0v) is 19.9. The van der Waals surface area contributed by atoms with Crippen molar-refractivity contribution >= 4 is 0 Å². The predicted octanol–water partition coefficient (Wildman–Crippen LogP) is 9.26. The van der Waals surface area contributed by atoms with Crippen LogP contribution >= 0.6 is 0 Å². The maximum absolute atomic E-state index is 2.61. The van der Waals surface area contributed by atoms with E-state index in [-0.39, 0.29) is 0 Å². The Labute approximate surface area is 182 Å². The van der Waals surface area contributed by atoms with E-state index in [9.17, 15) is 0 Å². The van der Waals surface area contributed by atoms with E-state index in [0.29, 0.717) is 0 Å². The Balaban J connectivity index is 1.50. The van der Waals surface area contributed by atoms with Crippen molar-refractivity contribution in [3.05, 3.63) is 35.9 Å². The molecule has 2 aliphatic rings. The average Bonchev–Trinajstić information content (AvgIpc) is 2.78. The molecular weight excluding hydrogens is 348 g/mol. The highest BCUT2D eigenvalue weighted by Gasteiger charge is 2.35. The zero-order valence-electron chi connectivity index (χ0n) is 19.9. The van der Waals surface area contributed by atoms with Gasteiger partial charge < -0.3 is 0 Å². The van der Waals surface area contributed by atoms with Gasteiger partial charge in [0.25, 0.3) is 0 Å². The fourth-order valence-corrected chi connectivity index (χ4v) is 7.07. The average molecular weight is 397 g/mol. The minimum absolute atomic E-state index is 0.758. The molecule has 1 aromatic rings. The summed E-state index contributed by atoms with van der Waals surface area (Å²) in [6.45, 7) is 9.90. The third-order valence-corrected chi connectivity index (χ3v) is 9.10. The molecule has 0 nitrogen and oxygen atoms in total.